The minimum atomic E-state index is -0.472. The quantitative estimate of drug-likeness (QED) is 0.362. The maximum atomic E-state index is 14.0. The molecule has 0 unspecified atom stereocenters. The lowest BCUT2D eigenvalue weighted by molar-refractivity contribution is 0.0374. The molecule has 2 amide bonds. The van der Waals surface area contributed by atoms with Crippen molar-refractivity contribution in [1.29, 1.82) is 0 Å². The van der Waals surface area contributed by atoms with Gasteiger partial charge in [0.25, 0.3) is 11.8 Å². The molecule has 0 atom stereocenters. The first-order valence-electron chi connectivity index (χ1n) is 14.1. The van der Waals surface area contributed by atoms with Crippen molar-refractivity contribution in [1.82, 2.24) is 30.1 Å². The molecule has 2 saturated heterocycles. The highest BCUT2D eigenvalue weighted by molar-refractivity contribution is 6.35. The van der Waals surface area contributed by atoms with Crippen LogP contribution in [0.1, 0.15) is 32.8 Å². The molecule has 3 aromatic rings. The molecule has 0 aliphatic carbocycles. The highest BCUT2D eigenvalue weighted by atomic mass is 35.5. The minimum absolute atomic E-state index is 0.0710. The number of piperazine rings is 1. The van der Waals surface area contributed by atoms with Gasteiger partial charge in [0, 0.05) is 51.4 Å². The molecule has 0 spiro atoms. The zero-order valence-electron chi connectivity index (χ0n) is 23.9. The summed E-state index contributed by atoms with van der Waals surface area (Å²) in [5.74, 6) is -1.22. The summed E-state index contributed by atoms with van der Waals surface area (Å²) in [6, 6.07) is 8.19. The summed E-state index contributed by atoms with van der Waals surface area (Å²) in [6.45, 7) is 9.61. The predicted octanol–water partition coefficient (Wildman–Crippen LogP) is 2.82. The summed E-state index contributed by atoms with van der Waals surface area (Å²) in [6.07, 6.45) is 2.39. The SMILES string of the molecule is Cc1c(F)ccc(C(=O)Nc2cc(-n3cc(C(=O)NCCCN4CCOCC4)nn3)ccc2N2CCN(C)CC2)c1Cl. The Labute approximate surface area is 249 Å². The number of nitrogens with zero attached hydrogens (tertiary/aromatic N) is 6. The average molecular weight is 599 g/mol. The maximum absolute atomic E-state index is 14.0. The van der Waals surface area contributed by atoms with E-state index >= 15 is 0 Å². The van der Waals surface area contributed by atoms with Gasteiger partial charge in [-0.15, -0.1) is 5.10 Å². The van der Waals surface area contributed by atoms with Crippen LogP contribution in [0, 0.1) is 12.7 Å². The second kappa shape index (κ2) is 13.6. The maximum Gasteiger partial charge on any atom is 0.273 e. The molecular formula is C29H36ClFN8O3. The molecule has 0 saturated carbocycles. The molecule has 42 heavy (non-hydrogen) atoms. The topological polar surface area (TPSA) is 108 Å². The number of halogens is 2. The van der Waals surface area contributed by atoms with Crippen LogP contribution in [-0.2, 0) is 4.74 Å². The number of carbonyl (C=O) groups excluding carboxylic acids is 2. The van der Waals surface area contributed by atoms with Crippen molar-refractivity contribution in [2.24, 2.45) is 0 Å². The van der Waals surface area contributed by atoms with Gasteiger partial charge >= 0.3 is 0 Å². The molecular weight excluding hydrogens is 563 g/mol. The van der Waals surface area contributed by atoms with Crippen LogP contribution in [0.2, 0.25) is 5.02 Å². The Balaban J connectivity index is 1.31. The molecule has 5 rings (SSSR count). The third-order valence-electron chi connectivity index (χ3n) is 7.67. The van der Waals surface area contributed by atoms with Crippen LogP contribution in [0.5, 0.6) is 0 Å². The molecule has 3 heterocycles. The first kappa shape index (κ1) is 29.9. The molecule has 13 heteroatoms. The van der Waals surface area contributed by atoms with Crippen LogP contribution in [0.25, 0.3) is 5.69 Å². The van der Waals surface area contributed by atoms with E-state index in [-0.39, 0.29) is 27.8 Å². The molecule has 0 bridgehead atoms. The van der Waals surface area contributed by atoms with Crippen molar-refractivity contribution in [2.45, 2.75) is 13.3 Å². The summed E-state index contributed by atoms with van der Waals surface area (Å²) in [7, 11) is 2.07. The summed E-state index contributed by atoms with van der Waals surface area (Å²) in [5.41, 5.74) is 2.59. The van der Waals surface area contributed by atoms with E-state index in [1.807, 2.05) is 12.1 Å². The fourth-order valence-electron chi connectivity index (χ4n) is 5.03. The smallest absolute Gasteiger partial charge is 0.273 e. The van der Waals surface area contributed by atoms with Crippen LogP contribution in [0.15, 0.2) is 36.5 Å². The summed E-state index contributed by atoms with van der Waals surface area (Å²) < 4.78 is 20.8. The number of nitrogens with one attached hydrogen (secondary N) is 2. The number of hydrogen-bond donors (Lipinski definition) is 2. The Morgan fingerprint density at radius 1 is 1.05 bits per heavy atom. The second-order valence-electron chi connectivity index (χ2n) is 10.6. The van der Waals surface area contributed by atoms with Crippen molar-refractivity contribution >= 4 is 34.8 Å². The Hall–Kier alpha value is -3.58. The number of amides is 2. The number of likely N-dealkylation sites (N-methyl/N-ethyl adjacent to an activating group) is 1. The van der Waals surface area contributed by atoms with Gasteiger partial charge in [-0.3, -0.25) is 14.5 Å². The first-order chi connectivity index (χ1) is 20.3. The molecule has 2 aliphatic heterocycles. The van der Waals surface area contributed by atoms with E-state index in [1.54, 1.807) is 12.3 Å². The highest BCUT2D eigenvalue weighted by Gasteiger charge is 2.22. The van der Waals surface area contributed by atoms with Crippen LogP contribution in [0.3, 0.4) is 0 Å². The van der Waals surface area contributed by atoms with Gasteiger partial charge in [0.1, 0.15) is 5.82 Å². The van der Waals surface area contributed by atoms with E-state index in [0.29, 0.717) is 17.9 Å². The van der Waals surface area contributed by atoms with Gasteiger partial charge in [0.15, 0.2) is 5.69 Å². The van der Waals surface area contributed by atoms with Gasteiger partial charge in [-0.1, -0.05) is 16.8 Å². The van der Waals surface area contributed by atoms with Gasteiger partial charge in [-0.05, 0) is 57.3 Å². The van der Waals surface area contributed by atoms with Crippen LogP contribution >= 0.6 is 11.6 Å². The van der Waals surface area contributed by atoms with E-state index < -0.39 is 11.7 Å². The van der Waals surface area contributed by atoms with Gasteiger partial charge in [0.2, 0.25) is 0 Å². The number of carbonyl (C=O) groups is 2. The number of benzene rings is 2. The van der Waals surface area contributed by atoms with E-state index in [0.717, 1.165) is 71.1 Å². The summed E-state index contributed by atoms with van der Waals surface area (Å²) in [5, 5.41) is 14.2. The zero-order valence-corrected chi connectivity index (χ0v) is 24.7. The molecule has 1 aromatic heterocycles. The van der Waals surface area contributed by atoms with E-state index in [4.69, 9.17) is 16.3 Å². The zero-order chi connectivity index (χ0) is 29.6. The Morgan fingerprint density at radius 2 is 1.81 bits per heavy atom. The molecule has 224 valence electrons. The lowest BCUT2D eigenvalue weighted by Crippen LogP contribution is -2.44. The van der Waals surface area contributed by atoms with Gasteiger partial charge in [-0.25, -0.2) is 9.07 Å². The Morgan fingerprint density at radius 3 is 2.57 bits per heavy atom. The molecule has 2 fully saturated rings. The molecule has 0 radical (unpaired) electrons. The Kier molecular flexibility index (Phi) is 9.68. The van der Waals surface area contributed by atoms with Crippen molar-refractivity contribution < 1.29 is 18.7 Å². The lowest BCUT2D eigenvalue weighted by atomic mass is 10.1. The summed E-state index contributed by atoms with van der Waals surface area (Å²) in [4.78, 5) is 32.8. The number of hydrogen-bond acceptors (Lipinski definition) is 8. The van der Waals surface area contributed by atoms with Crippen molar-refractivity contribution in [3.8, 4) is 5.69 Å². The van der Waals surface area contributed by atoms with E-state index in [2.05, 4.69) is 42.7 Å². The molecule has 11 nitrogen and oxygen atoms in total. The van der Waals surface area contributed by atoms with Crippen molar-refractivity contribution in [2.75, 3.05) is 82.8 Å². The van der Waals surface area contributed by atoms with Gasteiger partial charge < -0.3 is 25.2 Å². The van der Waals surface area contributed by atoms with E-state index in [1.165, 1.54) is 23.7 Å². The fourth-order valence-corrected chi connectivity index (χ4v) is 5.27. The first-order valence-corrected chi connectivity index (χ1v) is 14.5. The van der Waals surface area contributed by atoms with Crippen LogP contribution in [-0.4, -0.2) is 109 Å². The monoisotopic (exact) mass is 598 g/mol. The van der Waals surface area contributed by atoms with Gasteiger partial charge in [0.05, 0.1) is 47.1 Å². The van der Waals surface area contributed by atoms with E-state index in [9.17, 15) is 14.0 Å². The largest absolute Gasteiger partial charge is 0.379 e. The third-order valence-corrected chi connectivity index (χ3v) is 8.16. The number of rotatable bonds is 9. The second-order valence-corrected chi connectivity index (χ2v) is 11.0. The standard InChI is InChI=1S/C29H36ClFN8O3/c1-20-23(31)6-5-22(27(20)30)28(40)33-24-18-21(4-7-26(24)38-12-10-36(2)11-13-38)39-19-25(34-35-39)29(41)32-8-3-9-37-14-16-42-17-15-37/h4-7,18-19H,3,8-17H2,1-2H3,(H,32,41)(H,33,40). The van der Waals surface area contributed by atoms with Crippen LogP contribution in [0.4, 0.5) is 15.8 Å². The Bertz CT molecular complexity index is 1420. The minimum Gasteiger partial charge on any atom is -0.379 e. The molecule has 2 aromatic carbocycles. The average Bonchev–Trinajstić information content (AvgIpc) is 3.50. The third kappa shape index (κ3) is 7.06. The molecule has 2 N–H and O–H groups in total. The summed E-state index contributed by atoms with van der Waals surface area (Å²) >= 11 is 6.32. The number of morpholine rings is 1. The van der Waals surface area contributed by atoms with Gasteiger partial charge in [-0.2, -0.15) is 0 Å². The number of ether oxygens (including phenoxy) is 1. The normalized spacial score (nSPS) is 16.4. The van der Waals surface area contributed by atoms with Crippen molar-refractivity contribution in [3.05, 3.63) is 64.2 Å². The number of aromatic nitrogens is 3. The predicted molar refractivity (Wildman–Crippen MR) is 159 cm³/mol. The number of anilines is 2. The van der Waals surface area contributed by atoms with Crippen molar-refractivity contribution in [3.63, 3.8) is 0 Å². The highest BCUT2D eigenvalue weighted by Crippen LogP contribution is 2.31. The molecule has 2 aliphatic rings. The fraction of sp³-hybridized carbons (Fsp3) is 0.448. The lowest BCUT2D eigenvalue weighted by Gasteiger charge is -2.35. The van der Waals surface area contributed by atoms with Crippen LogP contribution < -0.4 is 15.5 Å².